The highest BCUT2D eigenvalue weighted by Gasteiger charge is 2.25. The molecule has 0 aliphatic heterocycles. The van der Waals surface area contributed by atoms with Crippen molar-refractivity contribution in [1.82, 2.24) is 0 Å². The summed E-state index contributed by atoms with van der Waals surface area (Å²) >= 11 is 0. The van der Waals surface area contributed by atoms with Crippen LogP contribution in [0, 0.1) is 5.92 Å². The Balaban J connectivity index is 2.42. The molecule has 2 unspecified atom stereocenters. The molecule has 1 N–H and O–H groups in total. The first kappa shape index (κ1) is 38.8. The first-order valence-corrected chi connectivity index (χ1v) is 18.3. The average molecular weight is 613 g/mol. The summed E-state index contributed by atoms with van der Waals surface area (Å²) in [5, 5.41) is 0. The summed E-state index contributed by atoms with van der Waals surface area (Å²) in [6, 6.07) is 7.96. The Morgan fingerprint density at radius 2 is 1.40 bits per heavy atom. The van der Waals surface area contributed by atoms with E-state index in [1.54, 1.807) is 0 Å². The topological polar surface area (TPSA) is 82.1 Å². The molecule has 0 aliphatic rings. The SMILES string of the molecule is CCCCCCCCCCCCOc1ccc(CC(COP(=O)(O)OCCCC[N+](C)(C)CC)CC(=O)CCC)cc1. The van der Waals surface area contributed by atoms with Gasteiger partial charge >= 0.3 is 7.82 Å². The lowest BCUT2D eigenvalue weighted by atomic mass is 9.94. The van der Waals surface area contributed by atoms with Crippen molar-refractivity contribution < 1.29 is 32.5 Å². The van der Waals surface area contributed by atoms with Gasteiger partial charge in [-0.3, -0.25) is 13.8 Å². The third-order valence-corrected chi connectivity index (χ3v) is 8.99. The van der Waals surface area contributed by atoms with Gasteiger partial charge in [0.2, 0.25) is 0 Å². The van der Waals surface area contributed by atoms with Crippen LogP contribution >= 0.6 is 7.82 Å². The number of phosphoric acid groups is 1. The molecule has 0 amide bonds. The van der Waals surface area contributed by atoms with E-state index in [9.17, 15) is 14.3 Å². The summed E-state index contributed by atoms with van der Waals surface area (Å²) in [6.45, 7) is 9.31. The number of hydrogen-bond donors (Lipinski definition) is 1. The molecular weight excluding hydrogens is 549 g/mol. The third-order valence-electron chi connectivity index (χ3n) is 8.00. The van der Waals surface area contributed by atoms with E-state index in [-0.39, 0.29) is 24.9 Å². The van der Waals surface area contributed by atoms with Crippen molar-refractivity contribution in [3.63, 3.8) is 0 Å². The molecule has 42 heavy (non-hydrogen) atoms. The van der Waals surface area contributed by atoms with E-state index in [1.807, 2.05) is 31.2 Å². The van der Waals surface area contributed by atoms with Crippen molar-refractivity contribution >= 4 is 13.6 Å². The smallest absolute Gasteiger partial charge is 0.472 e. The monoisotopic (exact) mass is 612 g/mol. The standard InChI is InChI=1S/C34H62NO6P/c1-6-9-10-11-12-13-14-15-16-18-26-39-34-23-21-31(22-24-34)28-32(29-33(36)20-7-2)30-41-42(37,38)40-27-19-17-25-35(4,5)8-3/h21-24,32H,6-20,25-30H2,1-5H3/p+1. The Hall–Kier alpha value is -1.24. The number of benzene rings is 1. The molecule has 1 rings (SSSR count). The molecule has 1 aromatic carbocycles. The molecule has 244 valence electrons. The van der Waals surface area contributed by atoms with Crippen LogP contribution in [0.25, 0.3) is 0 Å². The zero-order chi connectivity index (χ0) is 31.1. The largest absolute Gasteiger partial charge is 0.494 e. The Morgan fingerprint density at radius 3 is 2.00 bits per heavy atom. The van der Waals surface area contributed by atoms with Gasteiger partial charge in [0.15, 0.2) is 0 Å². The normalized spacial score (nSPS) is 14.0. The van der Waals surface area contributed by atoms with Gasteiger partial charge in [0, 0.05) is 12.8 Å². The molecule has 7 nitrogen and oxygen atoms in total. The third kappa shape index (κ3) is 20.6. The minimum Gasteiger partial charge on any atom is -0.494 e. The molecule has 0 saturated heterocycles. The van der Waals surface area contributed by atoms with Crippen LogP contribution in [-0.4, -0.2) is 62.2 Å². The number of Topliss-reactive ketones (excluding diaryl/α,β-unsaturated/α-hetero) is 1. The lowest BCUT2D eigenvalue weighted by molar-refractivity contribution is -0.888. The summed E-state index contributed by atoms with van der Waals surface area (Å²) in [5.41, 5.74) is 1.05. The number of quaternary nitrogens is 1. The molecule has 0 aliphatic carbocycles. The molecule has 0 radical (unpaired) electrons. The number of ketones is 1. The minimum atomic E-state index is -4.17. The van der Waals surface area contributed by atoms with Gasteiger partial charge in [-0.1, -0.05) is 83.8 Å². The Kier molecular flexibility index (Phi) is 21.4. The summed E-state index contributed by atoms with van der Waals surface area (Å²) in [4.78, 5) is 22.6. The fraction of sp³-hybridized carbons (Fsp3) is 0.794. The number of rotatable bonds is 28. The first-order chi connectivity index (χ1) is 20.1. The predicted octanol–water partition coefficient (Wildman–Crippen LogP) is 8.91. The number of unbranched alkanes of at least 4 members (excludes halogenated alkanes) is 10. The number of nitrogens with zero attached hydrogens (tertiary/aromatic N) is 1. The highest BCUT2D eigenvalue weighted by molar-refractivity contribution is 7.47. The first-order valence-electron chi connectivity index (χ1n) is 16.8. The second-order valence-electron chi connectivity index (χ2n) is 12.5. The van der Waals surface area contributed by atoms with E-state index >= 15 is 0 Å². The van der Waals surface area contributed by atoms with Gasteiger partial charge in [0.1, 0.15) is 11.5 Å². The predicted molar refractivity (Wildman–Crippen MR) is 174 cm³/mol. The Bertz CT molecular complexity index is 860. The van der Waals surface area contributed by atoms with E-state index in [0.717, 1.165) is 54.8 Å². The van der Waals surface area contributed by atoms with Gasteiger partial charge in [0.05, 0.1) is 47.0 Å². The lowest BCUT2D eigenvalue weighted by Gasteiger charge is -2.28. The molecule has 0 bridgehead atoms. The van der Waals surface area contributed by atoms with E-state index in [4.69, 9.17) is 13.8 Å². The second-order valence-corrected chi connectivity index (χ2v) is 14.0. The minimum absolute atomic E-state index is 0.0000216. The Morgan fingerprint density at radius 1 is 0.810 bits per heavy atom. The van der Waals surface area contributed by atoms with Crippen molar-refractivity contribution in [2.24, 2.45) is 5.92 Å². The van der Waals surface area contributed by atoms with E-state index in [0.29, 0.717) is 25.7 Å². The van der Waals surface area contributed by atoms with Gasteiger partial charge in [-0.15, -0.1) is 0 Å². The van der Waals surface area contributed by atoms with Crippen LogP contribution < -0.4 is 4.74 Å². The van der Waals surface area contributed by atoms with Gasteiger partial charge in [-0.2, -0.15) is 0 Å². The van der Waals surface area contributed by atoms with Crippen LogP contribution in [0.2, 0.25) is 0 Å². The van der Waals surface area contributed by atoms with Crippen molar-refractivity contribution in [2.75, 3.05) is 47.0 Å². The van der Waals surface area contributed by atoms with E-state index in [1.165, 1.54) is 57.8 Å². The maximum absolute atomic E-state index is 12.5. The maximum atomic E-state index is 12.5. The molecule has 0 aromatic heterocycles. The van der Waals surface area contributed by atoms with Crippen LogP contribution in [0.5, 0.6) is 5.75 Å². The highest BCUT2D eigenvalue weighted by Crippen LogP contribution is 2.44. The van der Waals surface area contributed by atoms with Crippen LogP contribution in [0.1, 0.15) is 123 Å². The lowest BCUT2D eigenvalue weighted by Crippen LogP contribution is -2.39. The van der Waals surface area contributed by atoms with Crippen molar-refractivity contribution in [2.45, 2.75) is 124 Å². The van der Waals surface area contributed by atoms with Gasteiger partial charge < -0.3 is 14.1 Å². The molecule has 8 heteroatoms. The van der Waals surface area contributed by atoms with Crippen LogP contribution in [-0.2, 0) is 24.8 Å². The quantitative estimate of drug-likeness (QED) is 0.0578. The van der Waals surface area contributed by atoms with Crippen molar-refractivity contribution in [1.29, 1.82) is 0 Å². The number of carbonyl (C=O) groups is 1. The van der Waals surface area contributed by atoms with Crippen LogP contribution in [0.4, 0.5) is 0 Å². The number of ether oxygens (including phenoxy) is 1. The number of hydrogen-bond acceptors (Lipinski definition) is 5. The zero-order valence-corrected chi connectivity index (χ0v) is 28.5. The van der Waals surface area contributed by atoms with E-state index in [2.05, 4.69) is 27.9 Å². The highest BCUT2D eigenvalue weighted by atomic mass is 31.2. The molecule has 0 spiro atoms. The molecular formula is C34H63NO6P+. The van der Waals surface area contributed by atoms with E-state index < -0.39 is 7.82 Å². The summed E-state index contributed by atoms with van der Waals surface area (Å²) in [6.07, 6.45) is 16.8. The molecule has 2 atom stereocenters. The molecule has 0 saturated carbocycles. The average Bonchev–Trinajstić information content (AvgIpc) is 2.95. The molecule has 0 fully saturated rings. The second kappa shape index (κ2) is 23.2. The van der Waals surface area contributed by atoms with Crippen LogP contribution in [0.3, 0.4) is 0 Å². The maximum Gasteiger partial charge on any atom is 0.472 e. The zero-order valence-electron chi connectivity index (χ0n) is 27.6. The molecule has 1 aromatic rings. The summed E-state index contributed by atoms with van der Waals surface area (Å²) in [5.74, 6) is 0.793. The fourth-order valence-corrected chi connectivity index (χ4v) is 5.78. The van der Waals surface area contributed by atoms with Gasteiger partial charge in [-0.25, -0.2) is 4.57 Å². The van der Waals surface area contributed by atoms with Crippen molar-refractivity contribution in [3.05, 3.63) is 29.8 Å². The molecule has 0 heterocycles. The summed E-state index contributed by atoms with van der Waals surface area (Å²) in [7, 11) is 0.162. The Labute approximate surface area is 257 Å². The summed E-state index contributed by atoms with van der Waals surface area (Å²) < 4.78 is 29.9. The number of carbonyl (C=O) groups excluding carboxylic acids is 1. The fourth-order valence-electron chi connectivity index (χ4n) is 4.94. The van der Waals surface area contributed by atoms with Gasteiger partial charge in [-0.05, 0) is 62.6 Å². The van der Waals surface area contributed by atoms with Gasteiger partial charge in [0.25, 0.3) is 0 Å². The van der Waals surface area contributed by atoms with Crippen LogP contribution in [0.15, 0.2) is 24.3 Å². The number of phosphoric ester groups is 1. The van der Waals surface area contributed by atoms with Crippen molar-refractivity contribution in [3.8, 4) is 5.75 Å².